The highest BCUT2D eigenvalue weighted by Gasteiger charge is 2.58. The van der Waals surface area contributed by atoms with Crippen molar-refractivity contribution in [2.45, 2.75) is 192 Å². The van der Waals surface area contributed by atoms with Gasteiger partial charge in [-0.2, -0.15) is 0 Å². The van der Waals surface area contributed by atoms with Crippen molar-refractivity contribution in [3.8, 4) is 0 Å². The maximum absolute atomic E-state index is 13.2. The molecular weight excluding hydrogens is 1000 g/mol. The quantitative estimate of drug-likeness (QED) is 0.0356. The molecule has 0 aromatic heterocycles. The number of carbonyl (C=O) groups excluding carboxylic acids is 5. The second-order valence-corrected chi connectivity index (χ2v) is 17.9. The number of esters is 5. The summed E-state index contributed by atoms with van der Waals surface area (Å²) in [6.45, 7) is 11.0. The Balaban J connectivity index is 1.80. The minimum atomic E-state index is -2.19. The van der Waals surface area contributed by atoms with Crippen LogP contribution in [0.25, 0.3) is 0 Å². The molecule has 4 heterocycles. The zero-order valence-corrected chi connectivity index (χ0v) is 43.2. The Morgan fingerprint density at radius 2 is 0.653 bits per heavy atom. The number of aliphatic hydroxyl groups excluding tert-OH is 9. The molecule has 20 unspecified atom stereocenters. The molecule has 26 heteroatoms. The fourth-order valence-electron chi connectivity index (χ4n) is 7.64. The van der Waals surface area contributed by atoms with Gasteiger partial charge in [-0.25, -0.2) is 24.0 Å². The van der Waals surface area contributed by atoms with E-state index in [1.165, 1.54) is 92.7 Å². The molecule has 4 fully saturated rings. The van der Waals surface area contributed by atoms with Gasteiger partial charge in [-0.1, -0.05) is 30.4 Å². The number of ether oxygens (including phenoxy) is 12. The van der Waals surface area contributed by atoms with E-state index in [9.17, 15) is 69.9 Å². The molecule has 424 valence electrons. The van der Waals surface area contributed by atoms with Crippen LogP contribution in [0.2, 0.25) is 0 Å². The molecule has 20 atom stereocenters. The normalized spacial score (nSPS) is 37.3. The van der Waals surface area contributed by atoms with Crippen LogP contribution in [0.5, 0.6) is 0 Å². The second kappa shape index (κ2) is 28.7. The molecule has 4 aliphatic rings. The van der Waals surface area contributed by atoms with Crippen molar-refractivity contribution < 1.29 is 127 Å². The van der Waals surface area contributed by atoms with Crippen molar-refractivity contribution in [1.29, 1.82) is 0 Å². The molecule has 4 aliphatic heterocycles. The van der Waals surface area contributed by atoms with Crippen LogP contribution in [0.1, 0.15) is 69.2 Å². The third-order valence-electron chi connectivity index (χ3n) is 13.0. The second-order valence-electron chi connectivity index (χ2n) is 17.9. The van der Waals surface area contributed by atoms with Crippen LogP contribution in [-0.4, -0.2) is 225 Å². The lowest BCUT2D eigenvalue weighted by molar-refractivity contribution is -0.414. The zero-order valence-electron chi connectivity index (χ0n) is 43.2. The Hall–Kier alpha value is -4.59. The first kappa shape index (κ1) is 62.9. The summed E-state index contributed by atoms with van der Waals surface area (Å²) in [5.74, 6) is -4.74. The summed E-state index contributed by atoms with van der Waals surface area (Å²) in [6, 6.07) is 0. The first-order valence-electron chi connectivity index (χ1n) is 24.1. The molecule has 0 saturated carbocycles. The summed E-state index contributed by atoms with van der Waals surface area (Å²) >= 11 is 0. The Morgan fingerprint density at radius 1 is 0.360 bits per heavy atom. The standard InChI is InChI=1S/C49H72O26/c1-11-20(6)41(59)64-19-28-30(54)32(56)40(74-47-34(58)38(72-45(63)24(10)15-5)36(27(18-52)67-47)70-43(61)22(8)13-3)49(68-28)75-48-39(31(55)29(53)25(16-50)65-48)73-46-33(57)37(71-44(62)23(9)14-4)35(26(17-51)66-46)69-42(60)21(7)12-2/h11-15,25-40,46-58H,16-19H2,1-10H3. The van der Waals surface area contributed by atoms with Crippen LogP contribution in [0, 0.1) is 0 Å². The third-order valence-corrected chi connectivity index (χ3v) is 13.0. The molecule has 0 amide bonds. The summed E-state index contributed by atoms with van der Waals surface area (Å²) in [6.07, 6.45) is -32.1. The fourth-order valence-corrected chi connectivity index (χ4v) is 7.64. The van der Waals surface area contributed by atoms with E-state index in [1.54, 1.807) is 6.92 Å². The van der Waals surface area contributed by atoms with Gasteiger partial charge in [0.2, 0.25) is 0 Å². The zero-order chi connectivity index (χ0) is 56.2. The van der Waals surface area contributed by atoms with E-state index in [4.69, 9.17) is 56.8 Å². The Bertz CT molecular complexity index is 2120. The molecule has 26 nitrogen and oxygen atoms in total. The maximum Gasteiger partial charge on any atom is 0.333 e. The Kier molecular flexibility index (Phi) is 24.1. The van der Waals surface area contributed by atoms with E-state index in [2.05, 4.69) is 0 Å². The first-order chi connectivity index (χ1) is 35.5. The van der Waals surface area contributed by atoms with Gasteiger partial charge in [-0.05, 0) is 69.2 Å². The van der Waals surface area contributed by atoms with Crippen molar-refractivity contribution in [3.63, 3.8) is 0 Å². The van der Waals surface area contributed by atoms with Crippen LogP contribution in [0.15, 0.2) is 58.2 Å². The molecular formula is C49H72O26. The summed E-state index contributed by atoms with van der Waals surface area (Å²) in [7, 11) is 0. The van der Waals surface area contributed by atoms with Crippen LogP contribution in [-0.2, 0) is 80.8 Å². The van der Waals surface area contributed by atoms with Crippen molar-refractivity contribution in [2.24, 2.45) is 0 Å². The molecule has 0 spiro atoms. The van der Waals surface area contributed by atoms with Gasteiger partial charge in [0.15, 0.2) is 49.6 Å². The highest BCUT2D eigenvalue weighted by atomic mass is 16.8. The summed E-state index contributed by atoms with van der Waals surface area (Å²) < 4.78 is 69.5. The van der Waals surface area contributed by atoms with Gasteiger partial charge >= 0.3 is 29.8 Å². The van der Waals surface area contributed by atoms with Gasteiger partial charge < -0.3 is 103 Å². The number of hydrogen-bond donors (Lipinski definition) is 9. The number of aliphatic hydroxyl groups is 9. The summed E-state index contributed by atoms with van der Waals surface area (Å²) in [4.78, 5) is 65.1. The molecule has 75 heavy (non-hydrogen) atoms. The van der Waals surface area contributed by atoms with E-state index < -0.39 is 179 Å². The monoisotopic (exact) mass is 1080 g/mol. The van der Waals surface area contributed by atoms with Gasteiger partial charge in [0.05, 0.1) is 19.8 Å². The predicted octanol–water partition coefficient (Wildman–Crippen LogP) is -2.16. The van der Waals surface area contributed by atoms with Crippen molar-refractivity contribution in [3.05, 3.63) is 58.2 Å². The fraction of sp³-hybridized carbons (Fsp3) is 0.694. The van der Waals surface area contributed by atoms with Crippen molar-refractivity contribution in [2.75, 3.05) is 26.4 Å². The molecule has 0 aromatic carbocycles. The van der Waals surface area contributed by atoms with Gasteiger partial charge in [0.25, 0.3) is 0 Å². The predicted molar refractivity (Wildman–Crippen MR) is 250 cm³/mol. The lowest BCUT2D eigenvalue weighted by Crippen LogP contribution is -2.68. The highest BCUT2D eigenvalue weighted by molar-refractivity contribution is 5.90. The van der Waals surface area contributed by atoms with Gasteiger partial charge in [0.1, 0.15) is 79.9 Å². The minimum Gasteiger partial charge on any atom is -0.459 e. The molecule has 0 aliphatic carbocycles. The Labute approximate surface area is 432 Å². The van der Waals surface area contributed by atoms with E-state index in [-0.39, 0.29) is 27.9 Å². The molecule has 4 saturated heterocycles. The smallest absolute Gasteiger partial charge is 0.333 e. The average molecular weight is 1080 g/mol. The number of carbonyl (C=O) groups is 5. The molecule has 0 bridgehead atoms. The van der Waals surface area contributed by atoms with Crippen molar-refractivity contribution in [1.82, 2.24) is 0 Å². The first-order valence-corrected chi connectivity index (χ1v) is 24.1. The van der Waals surface area contributed by atoms with E-state index in [0.717, 1.165) is 0 Å². The van der Waals surface area contributed by atoms with Gasteiger partial charge in [-0.3, -0.25) is 0 Å². The minimum absolute atomic E-state index is 0.0456. The molecule has 0 radical (unpaired) electrons. The van der Waals surface area contributed by atoms with Crippen LogP contribution >= 0.6 is 0 Å². The van der Waals surface area contributed by atoms with Crippen molar-refractivity contribution >= 4 is 29.8 Å². The third kappa shape index (κ3) is 15.1. The van der Waals surface area contributed by atoms with Crippen LogP contribution < -0.4 is 0 Å². The molecule has 9 N–H and O–H groups in total. The van der Waals surface area contributed by atoms with Crippen LogP contribution in [0.3, 0.4) is 0 Å². The lowest BCUT2D eigenvalue weighted by atomic mass is 9.96. The topological polar surface area (TPSA) is 378 Å². The van der Waals surface area contributed by atoms with E-state index in [0.29, 0.717) is 0 Å². The van der Waals surface area contributed by atoms with Gasteiger partial charge in [0, 0.05) is 27.9 Å². The molecule has 4 rings (SSSR count). The largest absolute Gasteiger partial charge is 0.459 e. The Morgan fingerprint density at radius 3 is 0.987 bits per heavy atom. The van der Waals surface area contributed by atoms with Gasteiger partial charge in [-0.15, -0.1) is 0 Å². The molecule has 0 aromatic rings. The number of rotatable bonds is 20. The maximum atomic E-state index is 13.2. The summed E-state index contributed by atoms with van der Waals surface area (Å²) in [5, 5.41) is 101. The average Bonchev–Trinajstić information content (AvgIpc) is 3.41. The lowest BCUT2D eigenvalue weighted by Gasteiger charge is -2.49. The highest BCUT2D eigenvalue weighted by Crippen LogP contribution is 2.37. The number of hydrogen-bond acceptors (Lipinski definition) is 26. The van der Waals surface area contributed by atoms with E-state index >= 15 is 0 Å². The summed E-state index contributed by atoms with van der Waals surface area (Å²) in [5.41, 5.74) is 0.413. The van der Waals surface area contributed by atoms with E-state index in [1.807, 2.05) is 0 Å². The van der Waals surface area contributed by atoms with Crippen LogP contribution in [0.4, 0.5) is 0 Å². The SMILES string of the molecule is CC=C(C)C(=O)OCC1OC(OC2OC(CO)C(O)C(O)C2OC2OC(CO)C(OC(=O)C(C)=CC)C(OC(=O)C(C)=CC)C2O)C(OC2OC(CO)C(OC(=O)C(C)=CC)C(OC(=O)C(C)=CC)C2O)C(O)C1O. The number of allylic oxidation sites excluding steroid dienone is 5.